The van der Waals surface area contributed by atoms with E-state index in [0.717, 1.165) is 66.6 Å². The lowest BCUT2D eigenvalue weighted by molar-refractivity contribution is -0.917. The highest BCUT2D eigenvalue weighted by atomic mass is 16.6. The van der Waals surface area contributed by atoms with E-state index in [0.29, 0.717) is 11.1 Å². The van der Waals surface area contributed by atoms with Crippen LogP contribution in [0, 0.1) is 0 Å². The Morgan fingerprint density at radius 3 is 2.48 bits per heavy atom. The molecule has 1 aromatic heterocycles. The molecule has 2 aliphatic rings. The number of carbonyl (C=O) groups is 1. The highest BCUT2D eigenvalue weighted by Crippen LogP contribution is 2.46. The van der Waals surface area contributed by atoms with Gasteiger partial charge in [-0.3, -0.25) is 14.8 Å². The fourth-order valence-electron chi connectivity index (χ4n) is 5.42. The van der Waals surface area contributed by atoms with Crippen LogP contribution in [0.2, 0.25) is 0 Å². The molecule has 0 amide bonds. The molecule has 1 saturated heterocycles. The molecule has 0 bridgehead atoms. The molecule has 2 atom stereocenters. The van der Waals surface area contributed by atoms with Crippen LogP contribution < -0.4 is 5.11 Å². The number of quaternary nitrogens is 1. The number of piperidine rings is 1. The maximum absolute atomic E-state index is 14.1. The summed E-state index contributed by atoms with van der Waals surface area (Å²) in [6, 6.07) is 14.8. The lowest BCUT2D eigenvalue weighted by atomic mass is 9.91. The lowest BCUT2D eigenvalue weighted by Crippen LogP contribution is -2.56. The maximum atomic E-state index is 14.1. The summed E-state index contributed by atoms with van der Waals surface area (Å²) in [7, 11) is 2.21. The highest BCUT2D eigenvalue weighted by Gasteiger charge is 2.43. The molecule has 6 nitrogen and oxygen atoms in total. The molecule has 0 saturated carbocycles. The molecule has 1 fully saturated rings. The van der Waals surface area contributed by atoms with Crippen molar-refractivity contribution in [2.45, 2.75) is 37.4 Å². The molecule has 2 aromatic carbocycles. The average molecular weight is 444 g/mol. The van der Waals surface area contributed by atoms with Gasteiger partial charge in [0.25, 0.3) is 0 Å². The van der Waals surface area contributed by atoms with Crippen LogP contribution >= 0.6 is 0 Å². The molecule has 0 N–H and O–H groups in total. The first kappa shape index (κ1) is 21.7. The van der Waals surface area contributed by atoms with Crippen LogP contribution in [-0.2, 0) is 21.6 Å². The predicted molar refractivity (Wildman–Crippen MR) is 123 cm³/mol. The molecule has 0 radical (unpaired) electrons. The standard InChI is InChI=1S/C27H29N3O3/c1-30(16-6-8-20-18-28-14-15-29-20)17-7-9-21(19-30)33-26(31)27(32)24-12-4-2-10-22(24)23-11-3-5-13-25(23)27/h2-5,10-15,18,21H,6-9,16-17,19H2,1H3/t21?,30-/m1/s1. The van der Waals surface area contributed by atoms with Gasteiger partial charge >= 0.3 is 5.97 Å². The Hall–Kier alpha value is -3.09. The van der Waals surface area contributed by atoms with E-state index in [-0.39, 0.29) is 6.10 Å². The van der Waals surface area contributed by atoms with Crippen molar-refractivity contribution < 1.29 is 19.1 Å². The second-order valence-electron chi connectivity index (χ2n) is 9.49. The number of hydrogen-bond donors (Lipinski definition) is 0. The number of carbonyl (C=O) groups excluding carboxylic acids is 1. The highest BCUT2D eigenvalue weighted by molar-refractivity contribution is 5.95. The quantitative estimate of drug-likeness (QED) is 0.433. The Balaban J connectivity index is 1.29. The number of likely N-dealkylation sites (N-methyl/N-ethyl adjacent to an activating group) is 1. The van der Waals surface area contributed by atoms with Gasteiger partial charge in [0.05, 0.1) is 25.8 Å². The number of aryl methyl sites for hydroxylation is 1. The van der Waals surface area contributed by atoms with E-state index in [1.807, 2.05) is 42.6 Å². The number of nitrogens with zero attached hydrogens (tertiary/aromatic N) is 3. The molecule has 5 rings (SSSR count). The maximum Gasteiger partial charge on any atom is 0.304 e. The van der Waals surface area contributed by atoms with Gasteiger partial charge in [-0.25, -0.2) is 0 Å². The van der Waals surface area contributed by atoms with E-state index in [9.17, 15) is 9.90 Å². The molecule has 0 spiro atoms. The Bertz CT molecular complexity index is 1100. The third-order valence-electron chi connectivity index (χ3n) is 7.08. The normalized spacial score (nSPS) is 22.9. The van der Waals surface area contributed by atoms with Crippen LogP contribution in [0.25, 0.3) is 11.1 Å². The first-order valence-corrected chi connectivity index (χ1v) is 11.7. The summed E-state index contributed by atoms with van der Waals surface area (Å²) in [5.74, 6) is -0.682. The van der Waals surface area contributed by atoms with Gasteiger partial charge in [0.2, 0.25) is 0 Å². The van der Waals surface area contributed by atoms with Crippen molar-refractivity contribution in [3.8, 4) is 11.1 Å². The van der Waals surface area contributed by atoms with E-state index in [4.69, 9.17) is 4.74 Å². The average Bonchev–Trinajstić information content (AvgIpc) is 3.10. The minimum absolute atomic E-state index is 0.251. The minimum atomic E-state index is -2.01. The van der Waals surface area contributed by atoms with Gasteiger partial charge in [-0.2, -0.15) is 0 Å². The fraction of sp³-hybridized carbons (Fsp3) is 0.370. The van der Waals surface area contributed by atoms with Crippen molar-refractivity contribution in [1.29, 1.82) is 0 Å². The first-order chi connectivity index (χ1) is 16.0. The second kappa shape index (κ2) is 8.69. The van der Waals surface area contributed by atoms with Gasteiger partial charge in [0.1, 0.15) is 6.54 Å². The summed E-state index contributed by atoms with van der Waals surface area (Å²) in [5, 5.41) is 14.1. The number of ether oxygens (including phenoxy) is 1. The zero-order valence-corrected chi connectivity index (χ0v) is 18.9. The van der Waals surface area contributed by atoms with Gasteiger partial charge in [-0.1, -0.05) is 48.5 Å². The topological polar surface area (TPSA) is 75.1 Å². The summed E-state index contributed by atoms with van der Waals surface area (Å²) in [6.07, 6.45) is 8.60. The second-order valence-corrected chi connectivity index (χ2v) is 9.49. The molecular formula is C27H29N3O3. The van der Waals surface area contributed by atoms with Crippen LogP contribution in [0.1, 0.15) is 36.1 Å². The fourth-order valence-corrected chi connectivity index (χ4v) is 5.42. The monoisotopic (exact) mass is 443 g/mol. The predicted octanol–water partition coefficient (Wildman–Crippen LogP) is 2.85. The van der Waals surface area contributed by atoms with E-state index in [1.54, 1.807) is 24.5 Å². The van der Waals surface area contributed by atoms with Crippen molar-refractivity contribution in [1.82, 2.24) is 9.97 Å². The zero-order valence-electron chi connectivity index (χ0n) is 18.9. The molecule has 2 heterocycles. The molecule has 1 aliphatic carbocycles. The van der Waals surface area contributed by atoms with Crippen molar-refractivity contribution in [3.05, 3.63) is 83.9 Å². The van der Waals surface area contributed by atoms with Gasteiger partial charge in [0.15, 0.2) is 6.10 Å². The number of likely N-dealkylation sites (tertiary alicyclic amines) is 1. The van der Waals surface area contributed by atoms with Crippen molar-refractivity contribution in [2.75, 3.05) is 26.7 Å². The van der Waals surface area contributed by atoms with Gasteiger partial charge < -0.3 is 14.3 Å². The molecule has 3 aromatic rings. The molecule has 33 heavy (non-hydrogen) atoms. The zero-order chi connectivity index (χ0) is 22.9. The van der Waals surface area contributed by atoms with Crippen molar-refractivity contribution >= 4 is 5.97 Å². The number of fused-ring (bicyclic) bond motifs is 3. The molecule has 6 heteroatoms. The Labute approximate surface area is 194 Å². The number of esters is 1. The Kier molecular flexibility index (Phi) is 5.72. The number of hydrogen-bond acceptors (Lipinski definition) is 5. The summed E-state index contributed by atoms with van der Waals surface area (Å²) in [6.45, 7) is 2.74. The number of aromatic nitrogens is 2. The number of rotatable bonds is 6. The van der Waals surface area contributed by atoms with Crippen LogP contribution in [0.5, 0.6) is 0 Å². The van der Waals surface area contributed by atoms with E-state index in [1.165, 1.54) is 0 Å². The molecule has 1 unspecified atom stereocenters. The van der Waals surface area contributed by atoms with Gasteiger partial charge in [-0.15, -0.1) is 0 Å². The first-order valence-electron chi connectivity index (χ1n) is 11.7. The summed E-state index contributed by atoms with van der Waals surface area (Å²) < 4.78 is 6.79. The van der Waals surface area contributed by atoms with E-state index < -0.39 is 11.6 Å². The van der Waals surface area contributed by atoms with Crippen LogP contribution in [0.4, 0.5) is 0 Å². The van der Waals surface area contributed by atoms with Crippen LogP contribution in [0.3, 0.4) is 0 Å². The van der Waals surface area contributed by atoms with Gasteiger partial charge in [-0.05, 0) is 35.1 Å². The summed E-state index contributed by atoms with van der Waals surface area (Å²) >= 11 is 0. The van der Waals surface area contributed by atoms with Crippen LogP contribution in [-0.4, -0.2) is 53.2 Å². The third-order valence-corrected chi connectivity index (χ3v) is 7.08. The Morgan fingerprint density at radius 1 is 1.12 bits per heavy atom. The number of benzene rings is 2. The van der Waals surface area contributed by atoms with Gasteiger partial charge in [0, 0.05) is 37.0 Å². The summed E-state index contributed by atoms with van der Waals surface area (Å²) in [4.78, 5) is 21.9. The summed E-state index contributed by atoms with van der Waals surface area (Å²) in [5.41, 5.74) is 1.62. The molecule has 170 valence electrons. The van der Waals surface area contributed by atoms with Crippen molar-refractivity contribution in [2.24, 2.45) is 0 Å². The van der Waals surface area contributed by atoms with Crippen LogP contribution in [0.15, 0.2) is 67.1 Å². The minimum Gasteiger partial charge on any atom is -0.834 e. The molecule has 1 aliphatic heterocycles. The Morgan fingerprint density at radius 2 is 1.82 bits per heavy atom. The smallest absolute Gasteiger partial charge is 0.304 e. The van der Waals surface area contributed by atoms with Crippen molar-refractivity contribution in [3.63, 3.8) is 0 Å². The lowest BCUT2D eigenvalue weighted by Gasteiger charge is -2.43. The van der Waals surface area contributed by atoms with E-state index in [2.05, 4.69) is 17.0 Å². The SMILES string of the molecule is C[N@@+]1(CCCc2cnccn2)CCCC(OC(=O)C2([O-])c3ccccc3-c3ccccc32)C1. The third kappa shape index (κ3) is 4.05. The largest absolute Gasteiger partial charge is 0.834 e. The molecular weight excluding hydrogens is 414 g/mol. The van der Waals surface area contributed by atoms with E-state index >= 15 is 0 Å².